The van der Waals surface area contributed by atoms with Crippen molar-refractivity contribution in [3.63, 3.8) is 0 Å². The fourth-order valence-corrected chi connectivity index (χ4v) is 2.09. The van der Waals surface area contributed by atoms with E-state index in [1.54, 1.807) is 7.11 Å². The van der Waals surface area contributed by atoms with Crippen LogP contribution in [0.5, 0.6) is 0 Å². The van der Waals surface area contributed by atoms with Gasteiger partial charge in [0.25, 0.3) is 5.91 Å². The van der Waals surface area contributed by atoms with E-state index in [0.29, 0.717) is 18.7 Å². The Balaban J connectivity index is 1.87. The van der Waals surface area contributed by atoms with Crippen molar-refractivity contribution in [1.29, 1.82) is 0 Å². The highest BCUT2D eigenvalue weighted by Gasteiger charge is 2.10. The summed E-state index contributed by atoms with van der Waals surface area (Å²) in [6.07, 6.45) is 1.85. The largest absolute Gasteiger partial charge is 0.383 e. The molecule has 1 aromatic carbocycles. The third-order valence-corrected chi connectivity index (χ3v) is 3.29. The van der Waals surface area contributed by atoms with Gasteiger partial charge < -0.3 is 19.9 Å². The summed E-state index contributed by atoms with van der Waals surface area (Å²) in [5, 5.41) is 4.00. The zero-order valence-corrected chi connectivity index (χ0v) is 12.0. The zero-order chi connectivity index (χ0) is 14.4. The lowest BCUT2D eigenvalue weighted by Crippen LogP contribution is -2.34. The average Bonchev–Trinajstić information content (AvgIpc) is 2.93. The van der Waals surface area contributed by atoms with Gasteiger partial charge in [0, 0.05) is 38.3 Å². The van der Waals surface area contributed by atoms with Crippen LogP contribution in [0.2, 0.25) is 0 Å². The van der Waals surface area contributed by atoms with Gasteiger partial charge in [-0.2, -0.15) is 0 Å². The van der Waals surface area contributed by atoms with Crippen molar-refractivity contribution in [3.05, 3.63) is 36.0 Å². The maximum atomic E-state index is 12.2. The highest BCUT2D eigenvalue weighted by Crippen LogP contribution is 2.16. The van der Waals surface area contributed by atoms with E-state index < -0.39 is 0 Å². The molecule has 0 bridgehead atoms. The molecule has 0 aliphatic rings. The number of aromatic amines is 1. The molecule has 0 fully saturated rings. The maximum absolute atomic E-state index is 12.2. The van der Waals surface area contributed by atoms with Crippen LogP contribution in [-0.4, -0.2) is 56.2 Å². The number of aromatic nitrogens is 1. The first-order chi connectivity index (χ1) is 9.72. The Morgan fingerprint density at radius 2 is 2.20 bits per heavy atom. The van der Waals surface area contributed by atoms with Gasteiger partial charge in [-0.05, 0) is 19.2 Å². The smallest absolute Gasteiger partial charge is 0.253 e. The van der Waals surface area contributed by atoms with Gasteiger partial charge in [-0.15, -0.1) is 0 Å². The summed E-state index contributed by atoms with van der Waals surface area (Å²) in [6, 6.07) is 7.68. The molecule has 0 unspecified atom stereocenters. The minimum Gasteiger partial charge on any atom is -0.383 e. The number of carbonyl (C=O) groups excluding carboxylic acids is 1. The van der Waals surface area contributed by atoms with E-state index in [-0.39, 0.29) is 5.91 Å². The molecule has 0 saturated heterocycles. The number of benzene rings is 1. The van der Waals surface area contributed by atoms with E-state index in [1.807, 2.05) is 37.5 Å². The highest BCUT2D eigenvalue weighted by molar-refractivity contribution is 6.05. The summed E-state index contributed by atoms with van der Waals surface area (Å²) < 4.78 is 5.02. The number of rotatable bonds is 7. The Morgan fingerprint density at radius 3 is 3.00 bits per heavy atom. The predicted molar refractivity (Wildman–Crippen MR) is 80.0 cm³/mol. The molecule has 0 spiro atoms. The molecule has 0 aliphatic heterocycles. The Bertz CT molecular complexity index is 565. The number of hydrogen-bond donors (Lipinski definition) is 2. The quantitative estimate of drug-likeness (QED) is 0.804. The summed E-state index contributed by atoms with van der Waals surface area (Å²) in [7, 11) is 3.70. The third-order valence-electron chi connectivity index (χ3n) is 3.29. The van der Waals surface area contributed by atoms with Crippen LogP contribution in [0.15, 0.2) is 30.5 Å². The number of H-pyrrole nitrogens is 1. The normalized spacial score (nSPS) is 11.2. The Kier molecular flexibility index (Phi) is 5.15. The van der Waals surface area contributed by atoms with Gasteiger partial charge in [-0.25, -0.2) is 0 Å². The van der Waals surface area contributed by atoms with Gasteiger partial charge in [0.15, 0.2) is 0 Å². The van der Waals surface area contributed by atoms with Gasteiger partial charge in [-0.1, -0.05) is 12.1 Å². The number of nitrogens with one attached hydrogen (secondary N) is 2. The van der Waals surface area contributed by atoms with Crippen molar-refractivity contribution >= 4 is 16.8 Å². The molecule has 0 aliphatic carbocycles. The summed E-state index contributed by atoms with van der Waals surface area (Å²) in [4.78, 5) is 17.4. The molecule has 5 heteroatoms. The molecular weight excluding hydrogens is 254 g/mol. The molecule has 20 heavy (non-hydrogen) atoms. The van der Waals surface area contributed by atoms with Crippen molar-refractivity contribution in [3.8, 4) is 0 Å². The van der Waals surface area contributed by atoms with Gasteiger partial charge in [0.05, 0.1) is 17.7 Å². The first kappa shape index (κ1) is 14.6. The highest BCUT2D eigenvalue weighted by atomic mass is 16.5. The third kappa shape index (κ3) is 3.59. The fraction of sp³-hybridized carbons (Fsp3) is 0.400. The van der Waals surface area contributed by atoms with Crippen LogP contribution in [-0.2, 0) is 4.74 Å². The van der Waals surface area contributed by atoms with Crippen LogP contribution < -0.4 is 5.32 Å². The van der Waals surface area contributed by atoms with Crippen molar-refractivity contribution < 1.29 is 9.53 Å². The Morgan fingerprint density at radius 1 is 1.35 bits per heavy atom. The van der Waals surface area contributed by atoms with E-state index in [9.17, 15) is 4.79 Å². The van der Waals surface area contributed by atoms with Gasteiger partial charge >= 0.3 is 0 Å². The topological polar surface area (TPSA) is 57.4 Å². The van der Waals surface area contributed by atoms with Crippen LogP contribution in [0.3, 0.4) is 0 Å². The second kappa shape index (κ2) is 7.07. The van der Waals surface area contributed by atoms with Gasteiger partial charge in [-0.3, -0.25) is 4.79 Å². The standard InChI is InChI=1S/C15H21N3O2/c1-18(10-11-20-2)9-8-17-15(19)13-5-3-4-12-6-7-16-14(12)13/h3-7,16H,8-11H2,1-2H3,(H,17,19). The molecule has 0 radical (unpaired) electrons. The number of ether oxygens (including phenoxy) is 1. The lowest BCUT2D eigenvalue weighted by molar-refractivity contribution is 0.0949. The second-order valence-corrected chi connectivity index (χ2v) is 4.80. The van der Waals surface area contributed by atoms with Crippen molar-refractivity contribution in [2.45, 2.75) is 0 Å². The number of likely N-dealkylation sites (N-methyl/N-ethyl adjacent to an activating group) is 1. The molecule has 0 atom stereocenters. The molecule has 2 rings (SSSR count). The molecule has 108 valence electrons. The van der Waals surface area contributed by atoms with Crippen LogP contribution in [0, 0.1) is 0 Å². The van der Waals surface area contributed by atoms with E-state index in [4.69, 9.17) is 4.74 Å². The molecular formula is C15H21N3O2. The minimum absolute atomic E-state index is 0.0433. The number of amides is 1. The second-order valence-electron chi connectivity index (χ2n) is 4.80. The van der Waals surface area contributed by atoms with Gasteiger partial charge in [0.1, 0.15) is 0 Å². The van der Waals surface area contributed by atoms with Crippen molar-refractivity contribution in [1.82, 2.24) is 15.2 Å². The number of carbonyl (C=O) groups is 1. The predicted octanol–water partition coefficient (Wildman–Crippen LogP) is 1.48. The van der Waals surface area contributed by atoms with Crippen molar-refractivity contribution in [2.75, 3.05) is 40.4 Å². The molecule has 1 heterocycles. The number of methoxy groups -OCH3 is 1. The van der Waals surface area contributed by atoms with Crippen molar-refractivity contribution in [2.24, 2.45) is 0 Å². The Hall–Kier alpha value is -1.85. The zero-order valence-electron chi connectivity index (χ0n) is 12.0. The van der Waals surface area contributed by atoms with Gasteiger partial charge in [0.2, 0.25) is 0 Å². The molecule has 2 aromatic rings. The van der Waals surface area contributed by atoms with Crippen LogP contribution >= 0.6 is 0 Å². The van der Waals surface area contributed by atoms with Crippen LogP contribution in [0.25, 0.3) is 10.9 Å². The summed E-state index contributed by atoms with van der Waals surface area (Å²) >= 11 is 0. The number of hydrogen-bond acceptors (Lipinski definition) is 3. The number of fused-ring (bicyclic) bond motifs is 1. The first-order valence-corrected chi connectivity index (χ1v) is 6.74. The molecule has 0 saturated carbocycles. The average molecular weight is 275 g/mol. The van der Waals surface area contributed by atoms with E-state index in [1.165, 1.54) is 0 Å². The molecule has 2 N–H and O–H groups in total. The maximum Gasteiger partial charge on any atom is 0.253 e. The number of nitrogens with zero attached hydrogens (tertiary/aromatic N) is 1. The molecule has 5 nitrogen and oxygen atoms in total. The Labute approximate surface area is 118 Å². The summed E-state index contributed by atoms with van der Waals surface area (Å²) in [5.41, 5.74) is 1.57. The van der Waals surface area contributed by atoms with Crippen LogP contribution in [0.1, 0.15) is 10.4 Å². The first-order valence-electron chi connectivity index (χ1n) is 6.74. The molecule has 1 amide bonds. The van der Waals surface area contributed by atoms with Crippen LogP contribution in [0.4, 0.5) is 0 Å². The molecule has 1 aromatic heterocycles. The summed E-state index contributed by atoms with van der Waals surface area (Å²) in [6.45, 7) is 2.98. The van der Waals surface area contributed by atoms with E-state index in [0.717, 1.165) is 24.0 Å². The van der Waals surface area contributed by atoms with E-state index >= 15 is 0 Å². The number of para-hydroxylation sites is 1. The fourth-order valence-electron chi connectivity index (χ4n) is 2.09. The van der Waals surface area contributed by atoms with E-state index in [2.05, 4.69) is 15.2 Å². The monoisotopic (exact) mass is 275 g/mol. The summed E-state index contributed by atoms with van der Waals surface area (Å²) in [5.74, 6) is -0.0433. The lowest BCUT2D eigenvalue weighted by Gasteiger charge is -2.16. The SMILES string of the molecule is COCCN(C)CCNC(=O)c1cccc2cc[nH]c12. The lowest BCUT2D eigenvalue weighted by atomic mass is 10.1. The minimum atomic E-state index is -0.0433.